The van der Waals surface area contributed by atoms with Gasteiger partial charge in [-0.25, -0.2) is 0 Å². The van der Waals surface area contributed by atoms with Crippen molar-refractivity contribution in [2.45, 2.75) is 6.54 Å². The summed E-state index contributed by atoms with van der Waals surface area (Å²) in [5, 5.41) is 3.27. The van der Waals surface area contributed by atoms with E-state index in [0.717, 1.165) is 16.9 Å². The zero-order valence-electron chi connectivity index (χ0n) is 11.6. The molecule has 1 aromatic carbocycles. The van der Waals surface area contributed by atoms with Crippen molar-refractivity contribution < 1.29 is 4.79 Å². The monoisotopic (exact) mass is 270 g/mol. The summed E-state index contributed by atoms with van der Waals surface area (Å²) in [7, 11) is 3.40. The van der Waals surface area contributed by atoms with Crippen LogP contribution in [0, 0.1) is 0 Å². The maximum absolute atomic E-state index is 11.9. The average molecular weight is 270 g/mol. The third-order valence-electron chi connectivity index (χ3n) is 2.90. The summed E-state index contributed by atoms with van der Waals surface area (Å²) < 4.78 is 0. The first kappa shape index (κ1) is 14.0. The van der Waals surface area contributed by atoms with Gasteiger partial charge in [0.25, 0.3) is 5.91 Å². The maximum atomic E-state index is 11.9. The molecule has 1 amide bonds. The number of nitrogens with one attached hydrogen (secondary N) is 1. The van der Waals surface area contributed by atoms with Crippen LogP contribution in [-0.2, 0) is 6.54 Å². The fourth-order valence-corrected chi connectivity index (χ4v) is 1.83. The zero-order valence-corrected chi connectivity index (χ0v) is 11.6. The topological polar surface area (TPSA) is 71.2 Å². The number of aromatic nitrogens is 1. The minimum atomic E-state index is -0.124. The molecule has 5 nitrogen and oxygen atoms in total. The molecule has 0 aliphatic carbocycles. The smallest absolute Gasteiger partial charge is 0.272 e. The van der Waals surface area contributed by atoms with E-state index < -0.39 is 0 Å². The largest absolute Gasteiger partial charge is 0.355 e. The Morgan fingerprint density at radius 3 is 2.75 bits per heavy atom. The first-order valence-corrected chi connectivity index (χ1v) is 6.34. The predicted octanol–water partition coefficient (Wildman–Crippen LogP) is 1.99. The van der Waals surface area contributed by atoms with Crippen molar-refractivity contribution in [1.29, 1.82) is 0 Å². The molecule has 0 radical (unpaired) electrons. The summed E-state index contributed by atoms with van der Waals surface area (Å²) in [5.41, 5.74) is 8.88. The number of carbonyl (C=O) groups is 1. The predicted molar refractivity (Wildman–Crippen MR) is 79.9 cm³/mol. The third-order valence-corrected chi connectivity index (χ3v) is 2.90. The number of anilines is 2. The van der Waals surface area contributed by atoms with E-state index in [2.05, 4.69) is 10.3 Å². The van der Waals surface area contributed by atoms with E-state index in [9.17, 15) is 4.79 Å². The van der Waals surface area contributed by atoms with E-state index >= 15 is 0 Å². The molecule has 0 saturated carbocycles. The molecule has 0 aliphatic heterocycles. The lowest BCUT2D eigenvalue weighted by molar-refractivity contribution is 0.0822. The van der Waals surface area contributed by atoms with Crippen molar-refractivity contribution in [3.05, 3.63) is 53.9 Å². The molecule has 2 rings (SSSR count). The van der Waals surface area contributed by atoms with Gasteiger partial charge in [-0.05, 0) is 23.8 Å². The van der Waals surface area contributed by atoms with Gasteiger partial charge in [-0.2, -0.15) is 0 Å². The molecule has 2 aromatic rings. The van der Waals surface area contributed by atoms with E-state index in [1.165, 1.54) is 4.90 Å². The van der Waals surface area contributed by atoms with Crippen molar-refractivity contribution in [2.24, 2.45) is 5.73 Å². The minimum Gasteiger partial charge on any atom is -0.355 e. The van der Waals surface area contributed by atoms with Crippen LogP contribution in [0.25, 0.3) is 0 Å². The van der Waals surface area contributed by atoms with Crippen LogP contribution in [0.3, 0.4) is 0 Å². The molecular weight excluding hydrogens is 252 g/mol. The lowest BCUT2D eigenvalue weighted by Crippen LogP contribution is -2.22. The lowest BCUT2D eigenvalue weighted by Gasteiger charge is -2.13. The van der Waals surface area contributed by atoms with Crippen LogP contribution in [0.2, 0.25) is 0 Å². The molecule has 104 valence electrons. The summed E-state index contributed by atoms with van der Waals surface area (Å²) in [6, 6.07) is 11.4. The Labute approximate surface area is 118 Å². The van der Waals surface area contributed by atoms with E-state index in [-0.39, 0.29) is 5.91 Å². The molecular formula is C15H18N4O. The number of amides is 1. The number of nitrogens with zero attached hydrogens (tertiary/aromatic N) is 2. The van der Waals surface area contributed by atoms with Crippen molar-refractivity contribution in [3.63, 3.8) is 0 Å². The molecule has 20 heavy (non-hydrogen) atoms. The molecule has 0 bridgehead atoms. The number of rotatable bonds is 4. The Morgan fingerprint density at radius 1 is 1.30 bits per heavy atom. The molecule has 1 aromatic heterocycles. The highest BCUT2D eigenvalue weighted by atomic mass is 16.2. The number of carbonyl (C=O) groups excluding carboxylic acids is 1. The van der Waals surface area contributed by atoms with Gasteiger partial charge in [0.2, 0.25) is 0 Å². The van der Waals surface area contributed by atoms with Gasteiger partial charge in [-0.3, -0.25) is 9.78 Å². The van der Waals surface area contributed by atoms with Crippen LogP contribution in [0.5, 0.6) is 0 Å². The maximum Gasteiger partial charge on any atom is 0.272 e. The Hall–Kier alpha value is -2.40. The van der Waals surface area contributed by atoms with E-state index in [1.54, 1.807) is 26.4 Å². The second-order valence-corrected chi connectivity index (χ2v) is 4.62. The normalized spacial score (nSPS) is 10.2. The summed E-state index contributed by atoms with van der Waals surface area (Å²) >= 11 is 0. The number of benzene rings is 1. The van der Waals surface area contributed by atoms with E-state index in [4.69, 9.17) is 5.73 Å². The van der Waals surface area contributed by atoms with E-state index in [1.807, 2.05) is 30.3 Å². The van der Waals surface area contributed by atoms with Crippen LogP contribution in [-0.4, -0.2) is 29.9 Å². The number of nitrogens with two attached hydrogens (primary N) is 1. The van der Waals surface area contributed by atoms with Gasteiger partial charge < -0.3 is 16.0 Å². The molecule has 0 atom stereocenters. The Morgan fingerprint density at radius 2 is 2.05 bits per heavy atom. The van der Waals surface area contributed by atoms with Crippen molar-refractivity contribution in [1.82, 2.24) is 9.88 Å². The summed E-state index contributed by atoms with van der Waals surface area (Å²) in [4.78, 5) is 17.5. The molecule has 1 heterocycles. The highest BCUT2D eigenvalue weighted by molar-refractivity contribution is 5.93. The van der Waals surface area contributed by atoms with E-state index in [0.29, 0.717) is 12.2 Å². The number of para-hydroxylation sites is 1. The third kappa shape index (κ3) is 3.13. The molecule has 5 heteroatoms. The van der Waals surface area contributed by atoms with Crippen LogP contribution in [0.4, 0.5) is 11.4 Å². The molecule has 0 unspecified atom stereocenters. The van der Waals surface area contributed by atoms with Crippen LogP contribution < -0.4 is 11.1 Å². The second kappa shape index (κ2) is 6.16. The first-order chi connectivity index (χ1) is 9.61. The Balaban J connectivity index is 2.26. The van der Waals surface area contributed by atoms with Gasteiger partial charge >= 0.3 is 0 Å². The standard InChI is InChI=1S/C15H18N4O/c1-19(2)15(20)14-9-12(7-8-17-14)18-13-6-4-3-5-11(13)10-16/h3-9H,10,16H2,1-2H3,(H,17,18). The molecule has 0 fully saturated rings. The first-order valence-electron chi connectivity index (χ1n) is 6.34. The highest BCUT2D eigenvalue weighted by Crippen LogP contribution is 2.20. The summed E-state index contributed by atoms with van der Waals surface area (Å²) in [6.07, 6.45) is 1.62. The number of hydrogen-bond acceptors (Lipinski definition) is 4. The van der Waals surface area contributed by atoms with Crippen molar-refractivity contribution in [3.8, 4) is 0 Å². The average Bonchev–Trinajstić information content (AvgIpc) is 2.47. The molecule has 0 spiro atoms. The SMILES string of the molecule is CN(C)C(=O)c1cc(Nc2ccccc2CN)ccn1. The van der Waals surface area contributed by atoms with Gasteiger partial charge in [0.05, 0.1) is 0 Å². The van der Waals surface area contributed by atoms with Crippen LogP contribution in [0.1, 0.15) is 16.1 Å². The zero-order chi connectivity index (χ0) is 14.5. The summed E-state index contributed by atoms with van der Waals surface area (Å²) in [6.45, 7) is 0.456. The number of hydrogen-bond donors (Lipinski definition) is 2. The fraction of sp³-hybridized carbons (Fsp3) is 0.200. The minimum absolute atomic E-state index is 0.124. The quantitative estimate of drug-likeness (QED) is 0.891. The second-order valence-electron chi connectivity index (χ2n) is 4.62. The fourth-order valence-electron chi connectivity index (χ4n) is 1.83. The van der Waals surface area contributed by atoms with Gasteiger partial charge in [0, 0.05) is 38.2 Å². The molecule has 3 N–H and O–H groups in total. The summed E-state index contributed by atoms with van der Waals surface area (Å²) in [5.74, 6) is -0.124. The van der Waals surface area contributed by atoms with Crippen molar-refractivity contribution in [2.75, 3.05) is 19.4 Å². The molecule has 0 aliphatic rings. The van der Waals surface area contributed by atoms with Gasteiger partial charge in [0.1, 0.15) is 5.69 Å². The van der Waals surface area contributed by atoms with Crippen LogP contribution >= 0.6 is 0 Å². The number of pyridine rings is 1. The Bertz CT molecular complexity index is 610. The van der Waals surface area contributed by atoms with Crippen LogP contribution in [0.15, 0.2) is 42.6 Å². The van der Waals surface area contributed by atoms with Gasteiger partial charge in [-0.15, -0.1) is 0 Å². The molecule has 0 saturated heterocycles. The van der Waals surface area contributed by atoms with Gasteiger partial charge in [-0.1, -0.05) is 18.2 Å². The van der Waals surface area contributed by atoms with Crippen molar-refractivity contribution >= 4 is 17.3 Å². The van der Waals surface area contributed by atoms with Gasteiger partial charge in [0.15, 0.2) is 0 Å². The highest BCUT2D eigenvalue weighted by Gasteiger charge is 2.10. The Kier molecular flexibility index (Phi) is 4.32. The lowest BCUT2D eigenvalue weighted by atomic mass is 10.1.